The van der Waals surface area contributed by atoms with Crippen molar-refractivity contribution in [2.45, 2.75) is 9.92 Å². The number of sulfone groups is 1. The molecule has 0 aliphatic carbocycles. The van der Waals surface area contributed by atoms with Gasteiger partial charge < -0.3 is 0 Å². The summed E-state index contributed by atoms with van der Waals surface area (Å²) in [6.45, 7) is 0. The van der Waals surface area contributed by atoms with Crippen LogP contribution in [-0.4, -0.2) is 13.4 Å². The number of fused-ring (bicyclic) bond motifs is 1. The lowest BCUT2D eigenvalue weighted by molar-refractivity contribution is 0.566. The number of nitrogens with zero attached hydrogens (tertiary/aromatic N) is 1. The maximum absolute atomic E-state index is 14.4. The second-order valence-electron chi connectivity index (χ2n) is 6.26. The summed E-state index contributed by atoms with van der Waals surface area (Å²) >= 11 is 0. The number of pyridine rings is 1. The van der Waals surface area contributed by atoms with E-state index in [0.717, 1.165) is 6.07 Å². The van der Waals surface area contributed by atoms with E-state index >= 15 is 0 Å². The van der Waals surface area contributed by atoms with Gasteiger partial charge >= 0.3 is 0 Å². The average Bonchev–Trinajstić information content (AvgIpc) is 2.67. The number of rotatable bonds is 3. The molecule has 4 rings (SSSR count). The molecule has 0 N–H and O–H groups in total. The van der Waals surface area contributed by atoms with E-state index in [2.05, 4.69) is 4.98 Å². The fourth-order valence-electron chi connectivity index (χ4n) is 3.00. The van der Waals surface area contributed by atoms with Crippen molar-refractivity contribution in [1.29, 1.82) is 0 Å². The van der Waals surface area contributed by atoms with Crippen LogP contribution in [-0.2, 0) is 9.84 Å². The minimum absolute atomic E-state index is 0.232. The van der Waals surface area contributed by atoms with Gasteiger partial charge in [0.25, 0.3) is 0 Å². The van der Waals surface area contributed by atoms with Gasteiger partial charge in [0.1, 0.15) is 28.8 Å². The summed E-state index contributed by atoms with van der Waals surface area (Å²) in [4.78, 5) is 3.25. The highest BCUT2D eigenvalue weighted by atomic mass is 32.2. The van der Waals surface area contributed by atoms with Crippen molar-refractivity contribution in [3.63, 3.8) is 0 Å². The minimum atomic E-state index is -4.46. The summed E-state index contributed by atoms with van der Waals surface area (Å²) in [5.41, 5.74) is 0.473. The van der Waals surface area contributed by atoms with Crippen molar-refractivity contribution in [2.24, 2.45) is 0 Å². The lowest BCUT2D eigenvalue weighted by Gasteiger charge is -2.11. The van der Waals surface area contributed by atoms with Crippen molar-refractivity contribution in [2.75, 3.05) is 0 Å². The van der Waals surface area contributed by atoms with Gasteiger partial charge in [0.2, 0.25) is 9.84 Å². The molecule has 0 saturated heterocycles. The average molecular weight is 417 g/mol. The van der Waals surface area contributed by atoms with Crippen molar-refractivity contribution < 1.29 is 26.0 Å². The van der Waals surface area contributed by atoms with Gasteiger partial charge in [0.05, 0.1) is 4.90 Å². The second-order valence-corrected chi connectivity index (χ2v) is 8.16. The Morgan fingerprint density at radius 2 is 1.38 bits per heavy atom. The van der Waals surface area contributed by atoms with Gasteiger partial charge in [-0.3, -0.25) is 0 Å². The zero-order chi connectivity index (χ0) is 20.8. The topological polar surface area (TPSA) is 47.0 Å². The van der Waals surface area contributed by atoms with E-state index in [1.807, 2.05) is 0 Å². The normalized spacial score (nSPS) is 11.7. The molecule has 146 valence electrons. The Hall–Kier alpha value is -3.26. The smallest absolute Gasteiger partial charge is 0.224 e. The summed E-state index contributed by atoms with van der Waals surface area (Å²) in [6.07, 6.45) is 0. The van der Waals surface area contributed by atoms with E-state index < -0.39 is 43.0 Å². The van der Waals surface area contributed by atoms with Gasteiger partial charge in [-0.15, -0.1) is 0 Å². The Morgan fingerprint density at radius 1 is 0.724 bits per heavy atom. The third-order valence-electron chi connectivity index (χ3n) is 4.34. The highest BCUT2D eigenvalue weighted by molar-refractivity contribution is 7.91. The first-order valence-corrected chi connectivity index (χ1v) is 9.80. The van der Waals surface area contributed by atoms with Crippen molar-refractivity contribution in [3.8, 4) is 11.1 Å². The Labute approximate surface area is 163 Å². The molecule has 0 saturated carbocycles. The molecular weight excluding hydrogens is 406 g/mol. The van der Waals surface area contributed by atoms with E-state index in [-0.39, 0.29) is 11.1 Å². The molecule has 0 spiro atoms. The molecule has 0 unspecified atom stereocenters. The molecule has 3 nitrogen and oxygen atoms in total. The van der Waals surface area contributed by atoms with Gasteiger partial charge in [-0.1, -0.05) is 24.3 Å². The van der Waals surface area contributed by atoms with Crippen LogP contribution in [0.5, 0.6) is 0 Å². The number of aromatic nitrogens is 1. The molecule has 3 aromatic carbocycles. The van der Waals surface area contributed by atoms with Gasteiger partial charge in [0.15, 0.2) is 5.03 Å². The standard InChI is InChI=1S/C21H11F4NO2S/c22-13-6-4-12(5-7-13)18-11-20(26-21-17(18)2-1-3-19(21)25)29(27,28)16-9-14(23)8-15(24)10-16/h1-11H. The van der Waals surface area contributed by atoms with Gasteiger partial charge in [0, 0.05) is 11.5 Å². The second kappa shape index (κ2) is 6.97. The Balaban J connectivity index is 2.03. The van der Waals surface area contributed by atoms with Gasteiger partial charge in [-0.05, 0) is 47.5 Å². The van der Waals surface area contributed by atoms with Crippen LogP contribution >= 0.6 is 0 Å². The molecule has 29 heavy (non-hydrogen) atoms. The monoisotopic (exact) mass is 417 g/mol. The van der Waals surface area contributed by atoms with Crippen LogP contribution in [0.4, 0.5) is 17.6 Å². The van der Waals surface area contributed by atoms with Crippen LogP contribution in [0.3, 0.4) is 0 Å². The number of hydrogen-bond acceptors (Lipinski definition) is 3. The lowest BCUT2D eigenvalue weighted by Crippen LogP contribution is -2.07. The Bertz CT molecular complexity index is 1330. The first-order chi connectivity index (χ1) is 13.8. The molecule has 4 aromatic rings. The summed E-state index contributed by atoms with van der Waals surface area (Å²) in [5, 5.41) is -0.277. The van der Waals surface area contributed by atoms with E-state index in [1.54, 1.807) is 6.07 Å². The van der Waals surface area contributed by atoms with Crippen LogP contribution in [0.25, 0.3) is 22.0 Å². The number of para-hydroxylation sites is 1. The minimum Gasteiger partial charge on any atom is -0.233 e. The molecule has 0 radical (unpaired) electrons. The van der Waals surface area contributed by atoms with Crippen LogP contribution in [0, 0.1) is 23.3 Å². The molecule has 0 amide bonds. The van der Waals surface area contributed by atoms with Crippen LogP contribution in [0.2, 0.25) is 0 Å². The third-order valence-corrected chi connectivity index (χ3v) is 5.96. The molecular formula is C21H11F4NO2S. The van der Waals surface area contributed by atoms with E-state index in [9.17, 15) is 26.0 Å². The number of hydrogen-bond donors (Lipinski definition) is 0. The maximum Gasteiger partial charge on any atom is 0.224 e. The summed E-state index contributed by atoms with van der Waals surface area (Å²) in [6, 6.07) is 12.3. The number of benzene rings is 3. The van der Waals surface area contributed by atoms with Crippen LogP contribution < -0.4 is 0 Å². The molecule has 1 aromatic heterocycles. The summed E-state index contributed by atoms with van der Waals surface area (Å²) in [5.74, 6) is -3.42. The van der Waals surface area contributed by atoms with Crippen molar-refractivity contribution in [1.82, 2.24) is 4.98 Å². The van der Waals surface area contributed by atoms with E-state index in [4.69, 9.17) is 0 Å². The van der Waals surface area contributed by atoms with Crippen molar-refractivity contribution in [3.05, 3.63) is 90.0 Å². The predicted molar refractivity (Wildman–Crippen MR) is 98.9 cm³/mol. The third kappa shape index (κ3) is 3.47. The highest BCUT2D eigenvalue weighted by Crippen LogP contribution is 2.33. The molecule has 0 bridgehead atoms. The van der Waals surface area contributed by atoms with Crippen LogP contribution in [0.1, 0.15) is 0 Å². The van der Waals surface area contributed by atoms with E-state index in [1.165, 1.54) is 36.4 Å². The zero-order valence-corrected chi connectivity index (χ0v) is 15.4. The number of halogens is 4. The lowest BCUT2D eigenvalue weighted by atomic mass is 10.0. The van der Waals surface area contributed by atoms with Gasteiger partial charge in [-0.2, -0.15) is 0 Å². The maximum atomic E-state index is 14.4. The molecule has 0 atom stereocenters. The fraction of sp³-hybridized carbons (Fsp3) is 0. The highest BCUT2D eigenvalue weighted by Gasteiger charge is 2.24. The molecule has 1 heterocycles. The summed E-state index contributed by atoms with van der Waals surface area (Å²) < 4.78 is 80.7. The van der Waals surface area contributed by atoms with Crippen LogP contribution in [0.15, 0.2) is 76.7 Å². The molecule has 0 aliphatic heterocycles. The SMILES string of the molecule is O=S(=O)(c1cc(F)cc(F)c1)c1cc(-c2ccc(F)cc2)c2cccc(F)c2n1. The first kappa shape index (κ1) is 19.1. The molecule has 0 aliphatic rings. The fourth-order valence-corrected chi connectivity index (χ4v) is 4.26. The molecule has 0 fully saturated rings. The Morgan fingerprint density at radius 3 is 2.03 bits per heavy atom. The van der Waals surface area contributed by atoms with Gasteiger partial charge in [-0.25, -0.2) is 31.0 Å². The quantitative estimate of drug-likeness (QED) is 0.426. The van der Waals surface area contributed by atoms with Crippen molar-refractivity contribution >= 4 is 20.7 Å². The Kier molecular flexibility index (Phi) is 4.58. The first-order valence-electron chi connectivity index (χ1n) is 8.32. The largest absolute Gasteiger partial charge is 0.233 e. The predicted octanol–water partition coefficient (Wildman–Crippen LogP) is 5.29. The molecule has 8 heteroatoms. The zero-order valence-electron chi connectivity index (χ0n) is 14.5. The summed E-state index contributed by atoms with van der Waals surface area (Å²) in [7, 11) is -4.46. The van der Waals surface area contributed by atoms with E-state index in [0.29, 0.717) is 29.1 Å².